The molecule has 0 saturated heterocycles. The molecule has 2 N–H and O–H groups in total. The Bertz CT molecular complexity index is 719. The first-order chi connectivity index (χ1) is 9.76. The van der Waals surface area contributed by atoms with E-state index in [9.17, 15) is 0 Å². The maximum absolute atomic E-state index is 5.69. The van der Waals surface area contributed by atoms with E-state index >= 15 is 0 Å². The molecule has 0 unspecified atom stereocenters. The Morgan fingerprint density at radius 2 is 1.85 bits per heavy atom. The van der Waals surface area contributed by atoms with Crippen molar-refractivity contribution in [3.05, 3.63) is 55.1 Å². The van der Waals surface area contributed by atoms with Gasteiger partial charge in [-0.05, 0) is 17.7 Å². The second-order valence-electron chi connectivity index (χ2n) is 4.38. The van der Waals surface area contributed by atoms with Crippen molar-refractivity contribution >= 4 is 5.69 Å². The van der Waals surface area contributed by atoms with Gasteiger partial charge in [0.05, 0.1) is 31.4 Å². The van der Waals surface area contributed by atoms with Gasteiger partial charge < -0.3 is 10.5 Å². The molecule has 5 nitrogen and oxygen atoms in total. The molecule has 0 amide bonds. The van der Waals surface area contributed by atoms with Crippen molar-refractivity contribution in [3.63, 3.8) is 0 Å². The molecule has 0 spiro atoms. The Balaban J connectivity index is 1.95. The zero-order valence-electron chi connectivity index (χ0n) is 11.0. The lowest BCUT2D eigenvalue weighted by molar-refractivity contribution is 0.412. The fraction of sp³-hybridized carbons (Fsp3) is 0.0667. The maximum atomic E-state index is 5.69. The zero-order valence-corrected chi connectivity index (χ0v) is 11.0. The predicted octanol–water partition coefficient (Wildman–Crippen LogP) is 2.53. The zero-order chi connectivity index (χ0) is 13.9. The SMILES string of the molecule is COc1cncc(-n2cc(-c3ccc(N)cc3)cn2)c1. The van der Waals surface area contributed by atoms with E-state index in [0.717, 1.165) is 22.5 Å². The molecule has 0 bridgehead atoms. The van der Waals surface area contributed by atoms with Gasteiger partial charge in [-0.3, -0.25) is 4.98 Å². The Labute approximate surface area is 116 Å². The highest BCUT2D eigenvalue weighted by Crippen LogP contribution is 2.22. The van der Waals surface area contributed by atoms with E-state index in [0.29, 0.717) is 5.75 Å². The van der Waals surface area contributed by atoms with Crippen LogP contribution in [0, 0.1) is 0 Å². The summed E-state index contributed by atoms with van der Waals surface area (Å²) >= 11 is 0. The number of ether oxygens (including phenoxy) is 1. The lowest BCUT2D eigenvalue weighted by atomic mass is 10.1. The molecule has 0 aliphatic carbocycles. The number of methoxy groups -OCH3 is 1. The first-order valence-corrected chi connectivity index (χ1v) is 6.16. The molecule has 0 saturated carbocycles. The number of nitrogens with zero attached hydrogens (tertiary/aromatic N) is 3. The molecular formula is C15H14N4O. The molecule has 20 heavy (non-hydrogen) atoms. The van der Waals surface area contributed by atoms with Gasteiger partial charge >= 0.3 is 0 Å². The number of benzene rings is 1. The van der Waals surface area contributed by atoms with Crippen LogP contribution >= 0.6 is 0 Å². The first kappa shape index (κ1) is 12.2. The van der Waals surface area contributed by atoms with Crippen molar-refractivity contribution in [2.24, 2.45) is 0 Å². The van der Waals surface area contributed by atoms with Crippen molar-refractivity contribution in [3.8, 4) is 22.6 Å². The van der Waals surface area contributed by atoms with Gasteiger partial charge in [-0.15, -0.1) is 0 Å². The number of aromatic nitrogens is 3. The average molecular weight is 266 g/mol. The van der Waals surface area contributed by atoms with E-state index in [4.69, 9.17) is 10.5 Å². The second-order valence-corrected chi connectivity index (χ2v) is 4.38. The lowest BCUT2D eigenvalue weighted by Crippen LogP contribution is -1.95. The Morgan fingerprint density at radius 1 is 1.05 bits per heavy atom. The van der Waals surface area contributed by atoms with E-state index in [1.54, 1.807) is 24.2 Å². The molecule has 3 rings (SSSR count). The second kappa shape index (κ2) is 5.05. The fourth-order valence-corrected chi connectivity index (χ4v) is 1.93. The molecule has 0 radical (unpaired) electrons. The van der Waals surface area contributed by atoms with Gasteiger partial charge in [-0.1, -0.05) is 12.1 Å². The largest absolute Gasteiger partial charge is 0.495 e. The van der Waals surface area contributed by atoms with Gasteiger partial charge in [0.25, 0.3) is 0 Å². The van der Waals surface area contributed by atoms with E-state index in [1.165, 1.54) is 0 Å². The van der Waals surface area contributed by atoms with Crippen LogP contribution in [-0.4, -0.2) is 21.9 Å². The number of nitrogen functional groups attached to an aromatic ring is 1. The van der Waals surface area contributed by atoms with E-state index < -0.39 is 0 Å². The van der Waals surface area contributed by atoms with Gasteiger partial charge in [0.2, 0.25) is 0 Å². The Morgan fingerprint density at radius 3 is 2.60 bits per heavy atom. The number of hydrogen-bond donors (Lipinski definition) is 1. The predicted molar refractivity (Wildman–Crippen MR) is 77.8 cm³/mol. The van der Waals surface area contributed by atoms with Gasteiger partial charge in [0.15, 0.2) is 0 Å². The van der Waals surface area contributed by atoms with Gasteiger partial charge in [-0.25, -0.2) is 4.68 Å². The van der Waals surface area contributed by atoms with E-state index in [1.807, 2.05) is 42.7 Å². The summed E-state index contributed by atoms with van der Waals surface area (Å²) in [7, 11) is 1.61. The highest BCUT2D eigenvalue weighted by atomic mass is 16.5. The molecule has 0 fully saturated rings. The number of nitrogens with two attached hydrogens (primary N) is 1. The third kappa shape index (κ3) is 2.33. The van der Waals surface area contributed by atoms with Crippen LogP contribution in [0.2, 0.25) is 0 Å². The molecule has 0 aliphatic rings. The van der Waals surface area contributed by atoms with Crippen LogP contribution in [0.25, 0.3) is 16.8 Å². The van der Waals surface area contributed by atoms with Gasteiger partial charge in [0.1, 0.15) is 5.75 Å². The monoisotopic (exact) mass is 266 g/mol. The summed E-state index contributed by atoms with van der Waals surface area (Å²) in [6, 6.07) is 9.58. The summed E-state index contributed by atoms with van der Waals surface area (Å²) in [4.78, 5) is 4.12. The van der Waals surface area contributed by atoms with Crippen LogP contribution < -0.4 is 10.5 Å². The molecule has 2 aromatic heterocycles. The molecule has 1 aromatic carbocycles. The standard InChI is InChI=1S/C15H14N4O/c1-20-15-6-14(8-17-9-15)19-10-12(7-18-19)11-2-4-13(16)5-3-11/h2-10H,16H2,1H3. The number of pyridine rings is 1. The van der Waals surface area contributed by atoms with Gasteiger partial charge in [-0.2, -0.15) is 5.10 Å². The van der Waals surface area contributed by atoms with Crippen molar-refractivity contribution in [1.82, 2.24) is 14.8 Å². The van der Waals surface area contributed by atoms with Crippen LogP contribution in [-0.2, 0) is 0 Å². The smallest absolute Gasteiger partial charge is 0.139 e. The van der Waals surface area contributed by atoms with Crippen molar-refractivity contribution in [2.45, 2.75) is 0 Å². The molecular weight excluding hydrogens is 252 g/mol. The summed E-state index contributed by atoms with van der Waals surface area (Å²) in [5, 5.41) is 4.35. The summed E-state index contributed by atoms with van der Waals surface area (Å²) in [6.07, 6.45) is 7.16. The average Bonchev–Trinajstić information content (AvgIpc) is 2.98. The minimum Gasteiger partial charge on any atom is -0.495 e. The normalized spacial score (nSPS) is 10.4. The topological polar surface area (TPSA) is 66.0 Å². The van der Waals surface area contributed by atoms with E-state index in [2.05, 4.69) is 10.1 Å². The van der Waals surface area contributed by atoms with Gasteiger partial charge in [0, 0.05) is 23.5 Å². The quantitative estimate of drug-likeness (QED) is 0.740. The van der Waals surface area contributed by atoms with Crippen LogP contribution in [0.1, 0.15) is 0 Å². The maximum Gasteiger partial charge on any atom is 0.139 e. The van der Waals surface area contributed by atoms with Crippen molar-refractivity contribution in [1.29, 1.82) is 0 Å². The Kier molecular flexibility index (Phi) is 3.09. The van der Waals surface area contributed by atoms with E-state index in [-0.39, 0.29) is 0 Å². The number of rotatable bonds is 3. The van der Waals surface area contributed by atoms with Crippen LogP contribution in [0.15, 0.2) is 55.1 Å². The molecule has 0 atom stereocenters. The van der Waals surface area contributed by atoms with Crippen molar-refractivity contribution in [2.75, 3.05) is 12.8 Å². The molecule has 2 heterocycles. The highest BCUT2D eigenvalue weighted by molar-refractivity contribution is 5.64. The highest BCUT2D eigenvalue weighted by Gasteiger charge is 2.04. The lowest BCUT2D eigenvalue weighted by Gasteiger charge is -2.03. The minimum absolute atomic E-state index is 0.701. The Hall–Kier alpha value is -2.82. The van der Waals surface area contributed by atoms with Crippen molar-refractivity contribution < 1.29 is 4.74 Å². The molecule has 3 aromatic rings. The fourth-order valence-electron chi connectivity index (χ4n) is 1.93. The summed E-state index contributed by atoms with van der Waals surface area (Å²) in [5.41, 5.74) is 9.38. The molecule has 5 heteroatoms. The van der Waals surface area contributed by atoms with Crippen LogP contribution in [0.5, 0.6) is 5.75 Å². The van der Waals surface area contributed by atoms with Crippen LogP contribution in [0.4, 0.5) is 5.69 Å². The number of anilines is 1. The first-order valence-electron chi connectivity index (χ1n) is 6.16. The molecule has 0 aliphatic heterocycles. The minimum atomic E-state index is 0.701. The summed E-state index contributed by atoms with van der Waals surface area (Å²) < 4.78 is 6.93. The van der Waals surface area contributed by atoms with Crippen LogP contribution in [0.3, 0.4) is 0 Å². The number of hydrogen-bond acceptors (Lipinski definition) is 4. The third-order valence-electron chi connectivity index (χ3n) is 3.03. The summed E-state index contributed by atoms with van der Waals surface area (Å²) in [5.74, 6) is 0.701. The summed E-state index contributed by atoms with van der Waals surface area (Å²) in [6.45, 7) is 0. The third-order valence-corrected chi connectivity index (χ3v) is 3.03. The molecule has 100 valence electrons.